The Hall–Kier alpha value is -2.43. The number of benzene rings is 1. The van der Waals surface area contributed by atoms with Crippen LogP contribution in [0.1, 0.15) is 43.2 Å². The summed E-state index contributed by atoms with van der Waals surface area (Å²) >= 11 is 0. The lowest BCUT2D eigenvalue weighted by molar-refractivity contribution is -0.136. The van der Waals surface area contributed by atoms with Crippen LogP contribution >= 0.6 is 0 Å². The van der Waals surface area contributed by atoms with Crippen molar-refractivity contribution in [3.63, 3.8) is 0 Å². The Morgan fingerprint density at radius 1 is 0.893 bits per heavy atom. The fraction of sp³-hybridized carbons (Fsp3) is 0.522. The second kappa shape index (κ2) is 8.29. The minimum Gasteiger partial charge on any atom is -0.352 e. The van der Waals surface area contributed by atoms with Crippen molar-refractivity contribution in [2.75, 3.05) is 31.1 Å². The molecule has 1 aliphatic carbocycles. The average molecular weight is 379 g/mol. The third-order valence-corrected chi connectivity index (χ3v) is 6.32. The molecule has 2 heterocycles. The van der Waals surface area contributed by atoms with Crippen molar-refractivity contribution in [1.29, 1.82) is 0 Å². The number of hydrogen-bond acceptors (Lipinski definition) is 4. The minimum atomic E-state index is 0.261. The van der Waals surface area contributed by atoms with Gasteiger partial charge in [-0.05, 0) is 56.0 Å². The summed E-state index contributed by atoms with van der Waals surface area (Å²) in [6.07, 6.45) is 5.85. The van der Waals surface area contributed by atoms with Crippen molar-refractivity contribution < 1.29 is 4.79 Å². The SMILES string of the molecule is Cc1ccc(-c2ccc(N3CCN(C(=O)C4CCCCC4)CC3)nn2)cc1C. The van der Waals surface area contributed by atoms with Gasteiger partial charge >= 0.3 is 0 Å². The van der Waals surface area contributed by atoms with Gasteiger partial charge in [0, 0.05) is 37.7 Å². The number of rotatable bonds is 3. The van der Waals surface area contributed by atoms with Crippen LogP contribution in [0.2, 0.25) is 0 Å². The van der Waals surface area contributed by atoms with Gasteiger partial charge in [0.15, 0.2) is 5.82 Å². The zero-order chi connectivity index (χ0) is 19.5. The predicted octanol–water partition coefficient (Wildman–Crippen LogP) is 3.99. The molecule has 0 N–H and O–H groups in total. The van der Waals surface area contributed by atoms with E-state index in [2.05, 4.69) is 58.1 Å². The molecule has 0 radical (unpaired) electrons. The molecule has 5 heteroatoms. The van der Waals surface area contributed by atoms with Crippen LogP contribution < -0.4 is 4.90 Å². The Morgan fingerprint density at radius 3 is 2.29 bits per heavy atom. The molecular formula is C23H30N4O. The molecule has 1 amide bonds. The minimum absolute atomic E-state index is 0.261. The molecule has 1 saturated carbocycles. The van der Waals surface area contributed by atoms with Crippen molar-refractivity contribution in [3.05, 3.63) is 41.5 Å². The maximum Gasteiger partial charge on any atom is 0.225 e. The molecule has 4 rings (SSSR count). The van der Waals surface area contributed by atoms with Crippen LogP contribution in [0.25, 0.3) is 11.3 Å². The summed E-state index contributed by atoms with van der Waals surface area (Å²) < 4.78 is 0. The predicted molar refractivity (Wildman–Crippen MR) is 112 cm³/mol. The van der Waals surface area contributed by atoms with Gasteiger partial charge in [0.25, 0.3) is 0 Å². The molecule has 1 aromatic heterocycles. The summed E-state index contributed by atoms with van der Waals surface area (Å²) in [5.41, 5.74) is 4.55. The normalized spacial score (nSPS) is 18.4. The first-order valence-electron chi connectivity index (χ1n) is 10.6. The first-order valence-corrected chi connectivity index (χ1v) is 10.6. The fourth-order valence-corrected chi connectivity index (χ4v) is 4.31. The molecule has 0 spiro atoms. The number of carbonyl (C=O) groups is 1. The van der Waals surface area contributed by atoms with Crippen molar-refractivity contribution in [1.82, 2.24) is 15.1 Å². The number of nitrogens with zero attached hydrogens (tertiary/aromatic N) is 4. The third-order valence-electron chi connectivity index (χ3n) is 6.32. The second-order valence-corrected chi connectivity index (χ2v) is 8.22. The number of aromatic nitrogens is 2. The highest BCUT2D eigenvalue weighted by molar-refractivity contribution is 5.79. The Kier molecular flexibility index (Phi) is 5.60. The molecule has 0 unspecified atom stereocenters. The van der Waals surface area contributed by atoms with E-state index in [9.17, 15) is 4.79 Å². The smallest absolute Gasteiger partial charge is 0.225 e. The van der Waals surface area contributed by atoms with Crippen LogP contribution in [0.3, 0.4) is 0 Å². The molecule has 2 aromatic rings. The maximum absolute atomic E-state index is 12.7. The summed E-state index contributed by atoms with van der Waals surface area (Å²) in [6, 6.07) is 10.5. The molecule has 1 aromatic carbocycles. The first-order chi connectivity index (χ1) is 13.6. The summed E-state index contributed by atoms with van der Waals surface area (Å²) in [5, 5.41) is 8.91. The van der Waals surface area contributed by atoms with Gasteiger partial charge in [0.2, 0.25) is 5.91 Å². The van der Waals surface area contributed by atoms with Gasteiger partial charge in [-0.1, -0.05) is 31.4 Å². The molecule has 1 aliphatic heterocycles. The molecule has 1 saturated heterocycles. The zero-order valence-corrected chi connectivity index (χ0v) is 17.0. The van der Waals surface area contributed by atoms with Crippen molar-refractivity contribution >= 4 is 11.7 Å². The highest BCUT2D eigenvalue weighted by atomic mass is 16.2. The molecule has 5 nitrogen and oxygen atoms in total. The summed E-state index contributed by atoms with van der Waals surface area (Å²) in [7, 11) is 0. The van der Waals surface area contributed by atoms with E-state index in [0.717, 1.165) is 56.1 Å². The van der Waals surface area contributed by atoms with Gasteiger partial charge in [0.05, 0.1) is 5.69 Å². The standard InChI is InChI=1S/C23H30N4O/c1-17-8-9-20(16-18(17)2)21-10-11-22(25-24-21)26-12-14-27(15-13-26)23(28)19-6-4-3-5-7-19/h8-11,16,19H,3-7,12-15H2,1-2H3. The van der Waals surface area contributed by atoms with Gasteiger partial charge in [-0.3, -0.25) is 4.79 Å². The van der Waals surface area contributed by atoms with Crippen molar-refractivity contribution in [3.8, 4) is 11.3 Å². The highest BCUT2D eigenvalue weighted by Crippen LogP contribution is 2.26. The first kappa shape index (κ1) is 18.9. The molecule has 148 valence electrons. The van der Waals surface area contributed by atoms with Crippen LogP contribution in [-0.4, -0.2) is 47.2 Å². The number of anilines is 1. The maximum atomic E-state index is 12.7. The fourth-order valence-electron chi connectivity index (χ4n) is 4.31. The molecule has 2 fully saturated rings. The average Bonchev–Trinajstić information content (AvgIpc) is 2.76. The molecule has 28 heavy (non-hydrogen) atoms. The van der Waals surface area contributed by atoms with Crippen LogP contribution in [0.4, 0.5) is 5.82 Å². The Labute approximate surface area is 167 Å². The highest BCUT2D eigenvalue weighted by Gasteiger charge is 2.28. The largest absolute Gasteiger partial charge is 0.352 e. The Balaban J connectivity index is 1.37. The summed E-state index contributed by atoms with van der Waals surface area (Å²) in [5.74, 6) is 1.53. The number of carbonyl (C=O) groups excluding carboxylic acids is 1. The summed E-state index contributed by atoms with van der Waals surface area (Å²) in [6.45, 7) is 7.47. The third kappa shape index (κ3) is 4.03. The van der Waals surface area contributed by atoms with Crippen molar-refractivity contribution in [2.45, 2.75) is 46.0 Å². The van der Waals surface area contributed by atoms with Crippen molar-refractivity contribution in [2.24, 2.45) is 5.92 Å². The Bertz CT molecular complexity index is 819. The molecule has 0 bridgehead atoms. The Morgan fingerprint density at radius 2 is 1.64 bits per heavy atom. The lowest BCUT2D eigenvalue weighted by atomic mass is 9.88. The lowest BCUT2D eigenvalue weighted by Gasteiger charge is -2.37. The van der Waals surface area contributed by atoms with Gasteiger partial charge in [0.1, 0.15) is 0 Å². The number of amides is 1. The zero-order valence-electron chi connectivity index (χ0n) is 17.0. The quantitative estimate of drug-likeness (QED) is 0.810. The van der Waals surface area contributed by atoms with E-state index in [1.54, 1.807) is 0 Å². The van der Waals surface area contributed by atoms with E-state index in [1.165, 1.54) is 30.4 Å². The van der Waals surface area contributed by atoms with Gasteiger partial charge in [-0.2, -0.15) is 0 Å². The van der Waals surface area contributed by atoms with E-state index in [0.29, 0.717) is 5.91 Å². The van der Waals surface area contributed by atoms with Gasteiger partial charge in [-0.15, -0.1) is 10.2 Å². The second-order valence-electron chi connectivity index (χ2n) is 8.22. The molecular weight excluding hydrogens is 348 g/mol. The van der Waals surface area contributed by atoms with Gasteiger partial charge < -0.3 is 9.80 Å². The molecule has 0 atom stereocenters. The van der Waals surface area contributed by atoms with Crippen LogP contribution in [0.5, 0.6) is 0 Å². The summed E-state index contributed by atoms with van der Waals surface area (Å²) in [4.78, 5) is 17.0. The van der Waals surface area contributed by atoms with E-state index in [4.69, 9.17) is 0 Å². The molecule has 2 aliphatic rings. The number of aryl methyl sites for hydroxylation is 2. The van der Waals surface area contributed by atoms with Crippen LogP contribution in [0, 0.1) is 19.8 Å². The number of piperazine rings is 1. The monoisotopic (exact) mass is 378 g/mol. The number of hydrogen-bond donors (Lipinski definition) is 0. The topological polar surface area (TPSA) is 49.3 Å². The van der Waals surface area contributed by atoms with Gasteiger partial charge in [-0.25, -0.2) is 0 Å². The van der Waals surface area contributed by atoms with E-state index in [-0.39, 0.29) is 5.92 Å². The van der Waals surface area contributed by atoms with E-state index in [1.807, 2.05) is 6.07 Å². The lowest BCUT2D eigenvalue weighted by Crippen LogP contribution is -2.50. The van der Waals surface area contributed by atoms with E-state index >= 15 is 0 Å². The van der Waals surface area contributed by atoms with Crippen LogP contribution in [0.15, 0.2) is 30.3 Å². The van der Waals surface area contributed by atoms with E-state index < -0.39 is 0 Å². The van der Waals surface area contributed by atoms with Crippen LogP contribution in [-0.2, 0) is 4.79 Å².